The Labute approximate surface area is 119 Å². The minimum Gasteiger partial charge on any atom is -0.495 e. The highest BCUT2D eigenvalue weighted by Gasteiger charge is 2.30. The smallest absolute Gasteiger partial charge is 0.416 e. The van der Waals surface area contributed by atoms with E-state index in [1.165, 1.54) is 7.11 Å². The summed E-state index contributed by atoms with van der Waals surface area (Å²) in [6, 6.07) is 10.8. The lowest BCUT2D eigenvalue weighted by Crippen LogP contribution is -2.13. The molecular formula is C15H12F3NO2. The van der Waals surface area contributed by atoms with Crippen molar-refractivity contribution in [2.75, 3.05) is 12.4 Å². The number of hydrogen-bond donors (Lipinski definition) is 1. The van der Waals surface area contributed by atoms with Gasteiger partial charge in [-0.3, -0.25) is 4.79 Å². The van der Waals surface area contributed by atoms with Gasteiger partial charge in [0.05, 0.1) is 18.4 Å². The fraction of sp³-hybridized carbons (Fsp3) is 0.133. The van der Waals surface area contributed by atoms with E-state index in [0.29, 0.717) is 11.4 Å². The van der Waals surface area contributed by atoms with E-state index >= 15 is 0 Å². The number of rotatable bonds is 3. The number of para-hydroxylation sites is 2. The van der Waals surface area contributed by atoms with Crippen LogP contribution in [0.3, 0.4) is 0 Å². The van der Waals surface area contributed by atoms with E-state index in [1.54, 1.807) is 24.3 Å². The number of nitrogens with one attached hydrogen (secondary N) is 1. The van der Waals surface area contributed by atoms with Gasteiger partial charge in [-0.05, 0) is 36.4 Å². The summed E-state index contributed by atoms with van der Waals surface area (Å²) < 4.78 is 42.4. The molecule has 0 aliphatic carbocycles. The summed E-state index contributed by atoms with van der Waals surface area (Å²) in [6.45, 7) is 0. The summed E-state index contributed by atoms with van der Waals surface area (Å²) >= 11 is 0. The van der Waals surface area contributed by atoms with Gasteiger partial charge in [0.15, 0.2) is 0 Å². The summed E-state index contributed by atoms with van der Waals surface area (Å²) in [5.41, 5.74) is -0.213. The number of alkyl halides is 3. The van der Waals surface area contributed by atoms with Gasteiger partial charge in [0.2, 0.25) is 0 Å². The first-order chi connectivity index (χ1) is 9.91. The van der Waals surface area contributed by atoms with E-state index in [4.69, 9.17) is 4.74 Å². The van der Waals surface area contributed by atoms with Gasteiger partial charge in [-0.15, -0.1) is 0 Å². The van der Waals surface area contributed by atoms with Gasteiger partial charge in [-0.1, -0.05) is 12.1 Å². The fourth-order valence-electron chi connectivity index (χ4n) is 1.75. The predicted molar refractivity (Wildman–Crippen MR) is 72.4 cm³/mol. The van der Waals surface area contributed by atoms with E-state index in [9.17, 15) is 18.0 Å². The number of anilines is 1. The van der Waals surface area contributed by atoms with Crippen molar-refractivity contribution in [2.24, 2.45) is 0 Å². The molecule has 0 aromatic heterocycles. The molecule has 2 aromatic carbocycles. The minimum atomic E-state index is -4.42. The number of carbonyl (C=O) groups is 1. The molecule has 6 heteroatoms. The van der Waals surface area contributed by atoms with Crippen LogP contribution in [0.4, 0.5) is 18.9 Å². The van der Waals surface area contributed by atoms with Crippen LogP contribution in [0.5, 0.6) is 5.75 Å². The predicted octanol–water partition coefficient (Wildman–Crippen LogP) is 3.97. The van der Waals surface area contributed by atoms with Crippen molar-refractivity contribution >= 4 is 11.6 Å². The number of ether oxygens (including phenoxy) is 1. The number of hydrogen-bond acceptors (Lipinski definition) is 2. The Bertz CT molecular complexity index is 636. The zero-order valence-electron chi connectivity index (χ0n) is 11.1. The Hall–Kier alpha value is -2.50. The second-order valence-corrected chi connectivity index (χ2v) is 4.23. The Morgan fingerprint density at radius 3 is 2.24 bits per heavy atom. The second-order valence-electron chi connectivity index (χ2n) is 4.23. The van der Waals surface area contributed by atoms with Crippen LogP contribution < -0.4 is 10.1 Å². The zero-order chi connectivity index (χ0) is 15.5. The molecule has 0 fully saturated rings. The Morgan fingerprint density at radius 2 is 1.67 bits per heavy atom. The van der Waals surface area contributed by atoms with Crippen molar-refractivity contribution in [1.29, 1.82) is 0 Å². The van der Waals surface area contributed by atoms with Crippen LogP contribution in [-0.4, -0.2) is 13.0 Å². The standard InChI is InChI=1S/C15H12F3NO2/c1-21-13-5-3-2-4-12(13)19-14(20)10-6-8-11(9-7-10)15(16,17)18/h2-9H,1H3,(H,19,20). The van der Waals surface area contributed by atoms with E-state index in [0.717, 1.165) is 24.3 Å². The average molecular weight is 295 g/mol. The Kier molecular flexibility index (Phi) is 4.16. The van der Waals surface area contributed by atoms with Crippen molar-refractivity contribution in [3.63, 3.8) is 0 Å². The van der Waals surface area contributed by atoms with E-state index in [2.05, 4.69) is 5.32 Å². The Balaban J connectivity index is 2.17. The molecule has 2 aromatic rings. The number of carbonyl (C=O) groups excluding carboxylic acids is 1. The highest BCUT2D eigenvalue weighted by Crippen LogP contribution is 2.29. The molecule has 0 bridgehead atoms. The maximum absolute atomic E-state index is 12.4. The summed E-state index contributed by atoms with van der Waals surface area (Å²) in [5, 5.41) is 2.59. The SMILES string of the molecule is COc1ccccc1NC(=O)c1ccc(C(F)(F)F)cc1. The molecule has 0 spiro atoms. The molecule has 2 rings (SSSR count). The third-order valence-corrected chi connectivity index (χ3v) is 2.83. The van der Waals surface area contributed by atoms with Crippen LogP contribution in [0, 0.1) is 0 Å². The molecule has 0 heterocycles. The van der Waals surface area contributed by atoms with Gasteiger partial charge >= 0.3 is 6.18 Å². The number of halogens is 3. The summed E-state index contributed by atoms with van der Waals surface area (Å²) in [4.78, 5) is 12.0. The van der Waals surface area contributed by atoms with E-state index < -0.39 is 17.6 Å². The van der Waals surface area contributed by atoms with Crippen molar-refractivity contribution < 1.29 is 22.7 Å². The summed E-state index contributed by atoms with van der Waals surface area (Å²) in [7, 11) is 1.46. The van der Waals surface area contributed by atoms with Crippen LogP contribution >= 0.6 is 0 Å². The van der Waals surface area contributed by atoms with Crippen LogP contribution in [0.2, 0.25) is 0 Å². The monoisotopic (exact) mass is 295 g/mol. The fourth-order valence-corrected chi connectivity index (χ4v) is 1.75. The molecule has 0 atom stereocenters. The van der Waals surface area contributed by atoms with E-state index in [1.807, 2.05) is 0 Å². The first-order valence-corrected chi connectivity index (χ1v) is 6.03. The van der Waals surface area contributed by atoms with Gasteiger partial charge in [0.1, 0.15) is 5.75 Å². The first-order valence-electron chi connectivity index (χ1n) is 6.03. The number of benzene rings is 2. The average Bonchev–Trinajstić information content (AvgIpc) is 2.47. The molecule has 1 amide bonds. The first kappa shape index (κ1) is 14.9. The lowest BCUT2D eigenvalue weighted by molar-refractivity contribution is -0.137. The molecule has 0 aliphatic rings. The molecule has 3 nitrogen and oxygen atoms in total. The molecule has 0 saturated heterocycles. The molecule has 110 valence electrons. The van der Waals surface area contributed by atoms with Crippen LogP contribution in [0.15, 0.2) is 48.5 Å². The number of methoxy groups -OCH3 is 1. The van der Waals surface area contributed by atoms with Crippen LogP contribution in [0.1, 0.15) is 15.9 Å². The van der Waals surface area contributed by atoms with Crippen molar-refractivity contribution in [3.05, 3.63) is 59.7 Å². The molecule has 0 saturated carbocycles. The molecule has 0 radical (unpaired) electrons. The second kappa shape index (κ2) is 5.87. The van der Waals surface area contributed by atoms with Gasteiger partial charge in [0.25, 0.3) is 5.91 Å². The minimum absolute atomic E-state index is 0.133. The molecule has 0 unspecified atom stereocenters. The van der Waals surface area contributed by atoms with Crippen LogP contribution in [-0.2, 0) is 6.18 Å². The third kappa shape index (κ3) is 3.53. The Morgan fingerprint density at radius 1 is 1.05 bits per heavy atom. The van der Waals surface area contributed by atoms with Crippen LogP contribution in [0.25, 0.3) is 0 Å². The maximum atomic E-state index is 12.4. The quantitative estimate of drug-likeness (QED) is 0.930. The molecule has 1 N–H and O–H groups in total. The lowest BCUT2D eigenvalue weighted by Gasteiger charge is -2.10. The van der Waals surface area contributed by atoms with E-state index in [-0.39, 0.29) is 5.56 Å². The zero-order valence-corrected chi connectivity index (χ0v) is 11.1. The molecule has 21 heavy (non-hydrogen) atoms. The summed E-state index contributed by atoms with van der Waals surface area (Å²) in [6.07, 6.45) is -4.42. The van der Waals surface area contributed by atoms with Gasteiger partial charge in [-0.25, -0.2) is 0 Å². The summed E-state index contributed by atoms with van der Waals surface area (Å²) in [5.74, 6) is -0.0361. The van der Waals surface area contributed by atoms with Gasteiger partial charge < -0.3 is 10.1 Å². The highest BCUT2D eigenvalue weighted by atomic mass is 19.4. The van der Waals surface area contributed by atoms with Gasteiger partial charge in [0, 0.05) is 5.56 Å². The highest BCUT2D eigenvalue weighted by molar-refractivity contribution is 6.05. The normalized spacial score (nSPS) is 11.0. The van der Waals surface area contributed by atoms with Crippen molar-refractivity contribution in [3.8, 4) is 5.75 Å². The molecule has 0 aliphatic heterocycles. The maximum Gasteiger partial charge on any atom is 0.416 e. The number of amides is 1. The largest absolute Gasteiger partial charge is 0.495 e. The van der Waals surface area contributed by atoms with Crippen molar-refractivity contribution in [2.45, 2.75) is 6.18 Å². The van der Waals surface area contributed by atoms with Crippen molar-refractivity contribution in [1.82, 2.24) is 0 Å². The molecular weight excluding hydrogens is 283 g/mol. The lowest BCUT2D eigenvalue weighted by atomic mass is 10.1. The van der Waals surface area contributed by atoms with Gasteiger partial charge in [-0.2, -0.15) is 13.2 Å². The third-order valence-electron chi connectivity index (χ3n) is 2.83. The topological polar surface area (TPSA) is 38.3 Å².